The molecule has 2 aromatic carbocycles. The van der Waals surface area contributed by atoms with Crippen LogP contribution in [0, 0.1) is 0 Å². The van der Waals surface area contributed by atoms with Gasteiger partial charge in [0.15, 0.2) is 0 Å². The van der Waals surface area contributed by atoms with E-state index in [4.69, 9.17) is 9.47 Å². The topological polar surface area (TPSA) is 42.0 Å². The van der Waals surface area contributed by atoms with Gasteiger partial charge in [0.05, 0.1) is 20.1 Å². The average Bonchev–Trinajstić information content (AvgIpc) is 2.70. The minimum atomic E-state index is 0.191. The molecular formula is C22H28N2O3. The Labute approximate surface area is 161 Å². The molecule has 1 aliphatic heterocycles. The Kier molecular flexibility index (Phi) is 6.71. The fraction of sp³-hybridized carbons (Fsp3) is 0.409. The van der Waals surface area contributed by atoms with E-state index < -0.39 is 0 Å². The first-order valence-electron chi connectivity index (χ1n) is 9.53. The molecule has 0 saturated carbocycles. The number of hydrogen-bond donors (Lipinski definition) is 0. The first-order chi connectivity index (χ1) is 13.2. The molecule has 0 bridgehead atoms. The van der Waals surface area contributed by atoms with Crippen LogP contribution in [-0.2, 0) is 17.8 Å². The van der Waals surface area contributed by atoms with Crippen molar-refractivity contribution in [2.45, 2.75) is 19.9 Å². The summed E-state index contributed by atoms with van der Waals surface area (Å²) in [6, 6.07) is 15.9. The highest BCUT2D eigenvalue weighted by atomic mass is 16.5. The highest BCUT2D eigenvalue weighted by molar-refractivity contribution is 5.79. The van der Waals surface area contributed by atoms with Gasteiger partial charge in [-0.3, -0.25) is 9.69 Å². The summed E-state index contributed by atoms with van der Waals surface area (Å²) in [6.45, 7) is 6.77. The van der Waals surface area contributed by atoms with Gasteiger partial charge < -0.3 is 14.4 Å². The number of piperazine rings is 1. The molecule has 0 aromatic heterocycles. The minimum absolute atomic E-state index is 0.191. The first kappa shape index (κ1) is 19.2. The third kappa shape index (κ3) is 5.23. The van der Waals surface area contributed by atoms with E-state index in [0.717, 1.165) is 49.8 Å². The van der Waals surface area contributed by atoms with E-state index in [-0.39, 0.29) is 5.91 Å². The van der Waals surface area contributed by atoms with Crippen molar-refractivity contribution >= 4 is 5.91 Å². The van der Waals surface area contributed by atoms with Gasteiger partial charge in [-0.1, -0.05) is 30.3 Å². The average molecular weight is 368 g/mol. The lowest BCUT2D eigenvalue weighted by Gasteiger charge is -2.35. The molecule has 0 aliphatic carbocycles. The Morgan fingerprint density at radius 1 is 1.00 bits per heavy atom. The molecule has 1 saturated heterocycles. The summed E-state index contributed by atoms with van der Waals surface area (Å²) in [5.74, 6) is 1.96. The number of benzene rings is 2. The van der Waals surface area contributed by atoms with Crippen molar-refractivity contribution in [2.24, 2.45) is 0 Å². The predicted octanol–water partition coefficient (Wildman–Crippen LogP) is 2.98. The Hall–Kier alpha value is -2.53. The van der Waals surface area contributed by atoms with Crippen molar-refractivity contribution < 1.29 is 14.3 Å². The van der Waals surface area contributed by atoms with Crippen LogP contribution in [0.5, 0.6) is 11.5 Å². The third-order valence-electron chi connectivity index (χ3n) is 4.90. The number of carbonyl (C=O) groups excluding carboxylic acids is 1. The zero-order valence-corrected chi connectivity index (χ0v) is 16.2. The molecule has 0 atom stereocenters. The van der Waals surface area contributed by atoms with E-state index in [2.05, 4.69) is 11.0 Å². The molecule has 1 amide bonds. The van der Waals surface area contributed by atoms with E-state index in [0.29, 0.717) is 13.0 Å². The summed E-state index contributed by atoms with van der Waals surface area (Å²) in [5, 5.41) is 0. The van der Waals surface area contributed by atoms with Gasteiger partial charge in [0, 0.05) is 38.3 Å². The van der Waals surface area contributed by atoms with Gasteiger partial charge >= 0.3 is 0 Å². The van der Waals surface area contributed by atoms with Gasteiger partial charge in [0.2, 0.25) is 5.91 Å². The van der Waals surface area contributed by atoms with Gasteiger partial charge in [-0.15, -0.1) is 0 Å². The molecule has 3 rings (SSSR count). The van der Waals surface area contributed by atoms with Crippen molar-refractivity contribution in [3.8, 4) is 11.5 Å². The summed E-state index contributed by atoms with van der Waals surface area (Å²) >= 11 is 0. The second-order valence-electron chi connectivity index (χ2n) is 6.72. The molecule has 1 aliphatic rings. The molecule has 2 aromatic rings. The van der Waals surface area contributed by atoms with Crippen LogP contribution in [0.25, 0.3) is 0 Å². The van der Waals surface area contributed by atoms with Crippen molar-refractivity contribution in [2.75, 3.05) is 39.9 Å². The fourth-order valence-corrected chi connectivity index (χ4v) is 3.39. The lowest BCUT2D eigenvalue weighted by molar-refractivity contribution is -0.132. The molecule has 0 radical (unpaired) electrons. The minimum Gasteiger partial charge on any atom is -0.496 e. The van der Waals surface area contributed by atoms with E-state index in [1.54, 1.807) is 7.11 Å². The molecule has 5 nitrogen and oxygen atoms in total. The smallest absolute Gasteiger partial charge is 0.227 e. The standard InChI is InChI=1S/C22H28N2O3/c1-3-27-20-10-8-18(9-11-20)16-22(25)24-14-12-23(13-15-24)17-19-6-4-5-7-21(19)26-2/h4-11H,3,12-17H2,1-2H3. The quantitative estimate of drug-likeness (QED) is 0.754. The Morgan fingerprint density at radius 3 is 2.37 bits per heavy atom. The second-order valence-corrected chi connectivity index (χ2v) is 6.72. The highest BCUT2D eigenvalue weighted by Gasteiger charge is 2.21. The van der Waals surface area contributed by atoms with Crippen molar-refractivity contribution in [3.05, 3.63) is 59.7 Å². The number of ether oxygens (including phenoxy) is 2. The monoisotopic (exact) mass is 368 g/mol. The SMILES string of the molecule is CCOc1ccc(CC(=O)N2CCN(Cc3ccccc3OC)CC2)cc1. The summed E-state index contributed by atoms with van der Waals surface area (Å²) in [5.41, 5.74) is 2.22. The zero-order chi connectivity index (χ0) is 19.1. The van der Waals surface area contributed by atoms with Gasteiger partial charge in [-0.25, -0.2) is 0 Å². The molecule has 0 unspecified atom stereocenters. The molecule has 27 heavy (non-hydrogen) atoms. The van der Waals surface area contributed by atoms with Crippen LogP contribution in [0.2, 0.25) is 0 Å². The van der Waals surface area contributed by atoms with E-state index in [1.807, 2.05) is 54.3 Å². The molecule has 1 fully saturated rings. The first-order valence-corrected chi connectivity index (χ1v) is 9.53. The van der Waals surface area contributed by atoms with Crippen LogP contribution in [0.3, 0.4) is 0 Å². The number of para-hydroxylation sites is 1. The molecule has 144 valence electrons. The summed E-state index contributed by atoms with van der Waals surface area (Å²) in [6.07, 6.45) is 0.443. The number of rotatable bonds is 7. The molecular weight excluding hydrogens is 340 g/mol. The van der Waals surface area contributed by atoms with Crippen LogP contribution in [0.15, 0.2) is 48.5 Å². The summed E-state index contributed by atoms with van der Waals surface area (Å²) < 4.78 is 10.9. The molecule has 0 spiro atoms. The van der Waals surface area contributed by atoms with E-state index >= 15 is 0 Å². The van der Waals surface area contributed by atoms with E-state index in [9.17, 15) is 4.79 Å². The van der Waals surface area contributed by atoms with Gasteiger partial charge in [0.1, 0.15) is 11.5 Å². The second kappa shape index (κ2) is 9.42. The van der Waals surface area contributed by atoms with Crippen molar-refractivity contribution in [1.82, 2.24) is 9.80 Å². The van der Waals surface area contributed by atoms with Gasteiger partial charge in [-0.2, -0.15) is 0 Å². The number of carbonyl (C=O) groups is 1. The van der Waals surface area contributed by atoms with Crippen molar-refractivity contribution in [3.63, 3.8) is 0 Å². The van der Waals surface area contributed by atoms with Crippen LogP contribution >= 0.6 is 0 Å². The third-order valence-corrected chi connectivity index (χ3v) is 4.90. The van der Waals surface area contributed by atoms with Gasteiger partial charge in [-0.05, 0) is 30.7 Å². The Morgan fingerprint density at radius 2 is 1.70 bits per heavy atom. The lowest BCUT2D eigenvalue weighted by Crippen LogP contribution is -2.48. The number of amides is 1. The van der Waals surface area contributed by atoms with Crippen molar-refractivity contribution in [1.29, 1.82) is 0 Å². The molecule has 5 heteroatoms. The summed E-state index contributed by atoms with van der Waals surface area (Å²) in [4.78, 5) is 16.9. The normalized spacial score (nSPS) is 14.8. The zero-order valence-electron chi connectivity index (χ0n) is 16.2. The maximum absolute atomic E-state index is 12.6. The van der Waals surface area contributed by atoms with E-state index in [1.165, 1.54) is 5.56 Å². The fourth-order valence-electron chi connectivity index (χ4n) is 3.39. The van der Waals surface area contributed by atoms with Crippen LogP contribution < -0.4 is 9.47 Å². The molecule has 0 N–H and O–H groups in total. The predicted molar refractivity (Wildman–Crippen MR) is 106 cm³/mol. The number of hydrogen-bond acceptors (Lipinski definition) is 4. The maximum Gasteiger partial charge on any atom is 0.227 e. The maximum atomic E-state index is 12.6. The lowest BCUT2D eigenvalue weighted by atomic mass is 10.1. The van der Waals surface area contributed by atoms with Crippen LogP contribution in [-0.4, -0.2) is 55.6 Å². The summed E-state index contributed by atoms with van der Waals surface area (Å²) in [7, 11) is 1.70. The largest absolute Gasteiger partial charge is 0.496 e. The van der Waals surface area contributed by atoms with Gasteiger partial charge in [0.25, 0.3) is 0 Å². The Bertz CT molecular complexity index is 737. The highest BCUT2D eigenvalue weighted by Crippen LogP contribution is 2.20. The number of methoxy groups -OCH3 is 1. The number of nitrogens with zero attached hydrogens (tertiary/aromatic N) is 2. The van der Waals surface area contributed by atoms with Crippen LogP contribution in [0.4, 0.5) is 0 Å². The molecule has 1 heterocycles. The van der Waals surface area contributed by atoms with Crippen LogP contribution in [0.1, 0.15) is 18.1 Å². The Balaban J connectivity index is 1.49.